The summed E-state index contributed by atoms with van der Waals surface area (Å²) < 4.78 is 11.0. The predicted octanol–water partition coefficient (Wildman–Crippen LogP) is 5.47. The molecule has 0 bridgehead atoms. The molecule has 0 aliphatic rings. The first-order valence-corrected chi connectivity index (χ1v) is 10.6. The molecule has 166 valence electrons. The van der Waals surface area contributed by atoms with E-state index in [4.69, 9.17) is 9.47 Å². The van der Waals surface area contributed by atoms with Gasteiger partial charge in [-0.25, -0.2) is 10.2 Å². The maximum Gasteiger partial charge on any atom is 0.411 e. The first-order chi connectivity index (χ1) is 13.8. The number of allylic oxidation sites excluding steroid dienone is 6. The van der Waals surface area contributed by atoms with Crippen molar-refractivity contribution in [2.24, 2.45) is 0 Å². The highest BCUT2D eigenvalue weighted by atomic mass is 16.6. The van der Waals surface area contributed by atoms with E-state index in [1.165, 1.54) is 0 Å². The first kappa shape index (κ1) is 26.8. The van der Waals surface area contributed by atoms with Crippen LogP contribution in [-0.4, -0.2) is 26.4 Å². The van der Waals surface area contributed by atoms with Crippen LogP contribution in [0.5, 0.6) is 0 Å². The van der Waals surface area contributed by atoms with Crippen molar-refractivity contribution >= 4 is 6.09 Å². The van der Waals surface area contributed by atoms with E-state index in [1.807, 2.05) is 32.9 Å². The third-order valence-electron chi connectivity index (χ3n) is 4.31. The molecule has 6 nitrogen and oxygen atoms in total. The molecule has 3 N–H and O–H groups in total. The largest absolute Gasteiger partial charge is 0.497 e. The number of amides is 1. The van der Waals surface area contributed by atoms with Gasteiger partial charge in [-0.1, -0.05) is 45.8 Å². The molecule has 29 heavy (non-hydrogen) atoms. The Kier molecular flexibility index (Phi) is 14.5. The lowest BCUT2D eigenvalue weighted by atomic mass is 10.1. The Balaban J connectivity index is 5.79. The summed E-state index contributed by atoms with van der Waals surface area (Å²) in [7, 11) is 3.46. The lowest BCUT2D eigenvalue weighted by Crippen LogP contribution is -2.34. The number of hydrazine groups is 1. The molecule has 6 heteroatoms. The summed E-state index contributed by atoms with van der Waals surface area (Å²) in [6.45, 7) is 12.2. The highest BCUT2D eigenvalue weighted by molar-refractivity contribution is 5.70. The fraction of sp³-hybridized carbons (Fsp3) is 0.609. The monoisotopic (exact) mass is 407 g/mol. The number of carbonyl (C=O) groups is 1. The van der Waals surface area contributed by atoms with Crippen LogP contribution in [-0.2, 0) is 9.47 Å². The van der Waals surface area contributed by atoms with Crippen LogP contribution < -0.4 is 16.2 Å². The lowest BCUT2D eigenvalue weighted by molar-refractivity contribution is 0.104. The fourth-order valence-corrected chi connectivity index (χ4v) is 2.89. The lowest BCUT2D eigenvalue weighted by Gasteiger charge is -2.19. The highest BCUT2D eigenvalue weighted by Gasteiger charge is 2.14. The van der Waals surface area contributed by atoms with E-state index in [-0.39, 0.29) is 6.10 Å². The Hall–Kier alpha value is -2.21. The Morgan fingerprint density at radius 2 is 1.76 bits per heavy atom. The van der Waals surface area contributed by atoms with Crippen molar-refractivity contribution in [2.75, 3.05) is 14.2 Å². The smallest absolute Gasteiger partial charge is 0.411 e. The number of ether oxygens (including phenoxy) is 2. The van der Waals surface area contributed by atoms with E-state index in [9.17, 15) is 4.79 Å². The quantitative estimate of drug-likeness (QED) is 0.214. The second kappa shape index (κ2) is 15.7. The summed E-state index contributed by atoms with van der Waals surface area (Å²) in [5.74, 6) is 0.813. The minimum Gasteiger partial charge on any atom is -0.497 e. The van der Waals surface area contributed by atoms with Gasteiger partial charge in [0.2, 0.25) is 0 Å². The van der Waals surface area contributed by atoms with Crippen LogP contribution in [0.4, 0.5) is 4.79 Å². The average molecular weight is 408 g/mol. The van der Waals surface area contributed by atoms with Crippen LogP contribution in [0.25, 0.3) is 0 Å². The molecule has 0 fully saturated rings. The molecule has 1 amide bonds. The third kappa shape index (κ3) is 10.8. The van der Waals surface area contributed by atoms with Crippen LogP contribution >= 0.6 is 0 Å². The molecule has 0 heterocycles. The number of rotatable bonds is 13. The van der Waals surface area contributed by atoms with Crippen LogP contribution in [0.3, 0.4) is 0 Å². The van der Waals surface area contributed by atoms with Crippen molar-refractivity contribution < 1.29 is 14.3 Å². The van der Waals surface area contributed by atoms with E-state index in [0.717, 1.165) is 54.0 Å². The minimum atomic E-state index is -0.424. The number of hydrogen-bond acceptors (Lipinski definition) is 5. The molecule has 0 saturated carbocycles. The molecule has 0 aliphatic carbocycles. The second-order valence-corrected chi connectivity index (χ2v) is 6.99. The minimum absolute atomic E-state index is 0.110. The summed E-state index contributed by atoms with van der Waals surface area (Å²) in [5.41, 5.74) is 9.77. The molecule has 0 aliphatic heterocycles. The molecule has 0 aromatic carbocycles. The number of alkyl carbamates (subject to hydrolysis) is 1. The Morgan fingerprint density at radius 1 is 1.07 bits per heavy atom. The Labute approximate surface area is 177 Å². The highest BCUT2D eigenvalue weighted by Crippen LogP contribution is 2.17. The van der Waals surface area contributed by atoms with Gasteiger partial charge < -0.3 is 14.9 Å². The van der Waals surface area contributed by atoms with Crippen LogP contribution in [0.2, 0.25) is 0 Å². The van der Waals surface area contributed by atoms with Gasteiger partial charge in [-0.15, -0.1) is 0 Å². The zero-order valence-corrected chi connectivity index (χ0v) is 19.6. The molecule has 0 aromatic heterocycles. The van der Waals surface area contributed by atoms with Crippen LogP contribution in [0, 0.1) is 0 Å². The standard InChI is InChI=1S/C23H41N3O3/c1-9-12-17(4)21(28-8)16-15-18(5)22(26-24-7)20(14-11-3)25-23(27)29-19(6)13-10-2/h12,15-16,19,24,26H,9-11,13-14H2,1-8H3,(H,25,27)/b17-12+,18-15+,21-16+,22-20+. The van der Waals surface area contributed by atoms with Gasteiger partial charge in [0.25, 0.3) is 0 Å². The van der Waals surface area contributed by atoms with Crippen molar-refractivity contribution in [3.05, 3.63) is 46.5 Å². The molecular formula is C23H41N3O3. The van der Waals surface area contributed by atoms with Crippen LogP contribution in [0.1, 0.15) is 73.6 Å². The van der Waals surface area contributed by atoms with Gasteiger partial charge in [-0.2, -0.15) is 0 Å². The number of carbonyl (C=O) groups excluding carboxylic acids is 1. The summed E-state index contributed by atoms with van der Waals surface area (Å²) in [5, 5.41) is 2.93. The Morgan fingerprint density at radius 3 is 2.28 bits per heavy atom. The zero-order valence-electron chi connectivity index (χ0n) is 19.6. The van der Waals surface area contributed by atoms with Gasteiger partial charge in [-0.3, -0.25) is 5.32 Å². The topological polar surface area (TPSA) is 71.6 Å². The van der Waals surface area contributed by atoms with E-state index in [0.29, 0.717) is 6.42 Å². The van der Waals surface area contributed by atoms with E-state index >= 15 is 0 Å². The number of hydrogen-bond donors (Lipinski definition) is 3. The van der Waals surface area contributed by atoms with Crippen molar-refractivity contribution in [1.29, 1.82) is 0 Å². The van der Waals surface area contributed by atoms with E-state index in [2.05, 4.69) is 43.0 Å². The Bertz CT molecular complexity index is 619. The molecule has 1 atom stereocenters. The summed E-state index contributed by atoms with van der Waals surface area (Å²) in [6.07, 6.45) is 9.88. The average Bonchev–Trinajstić information content (AvgIpc) is 2.66. The third-order valence-corrected chi connectivity index (χ3v) is 4.31. The first-order valence-electron chi connectivity index (χ1n) is 10.6. The number of nitrogens with one attached hydrogen (secondary N) is 3. The van der Waals surface area contributed by atoms with E-state index in [1.54, 1.807) is 14.2 Å². The van der Waals surface area contributed by atoms with Gasteiger partial charge in [0.05, 0.1) is 12.8 Å². The van der Waals surface area contributed by atoms with Gasteiger partial charge in [-0.05, 0) is 57.3 Å². The van der Waals surface area contributed by atoms with Crippen molar-refractivity contribution in [3.63, 3.8) is 0 Å². The molecule has 0 radical (unpaired) electrons. The molecule has 1 unspecified atom stereocenters. The van der Waals surface area contributed by atoms with Crippen molar-refractivity contribution in [1.82, 2.24) is 16.2 Å². The molecular weight excluding hydrogens is 366 g/mol. The van der Waals surface area contributed by atoms with Gasteiger partial charge in [0.1, 0.15) is 11.9 Å². The SMILES string of the molecule is CC/C=C(C)/C(=C\C=C(C)\C(NNC)=C(\CCC)NC(=O)OC(C)CCC)OC. The fourth-order valence-electron chi connectivity index (χ4n) is 2.89. The molecule has 0 spiro atoms. The number of methoxy groups -OCH3 is 1. The summed E-state index contributed by atoms with van der Waals surface area (Å²) in [6, 6.07) is 0. The maximum atomic E-state index is 12.3. The molecule has 0 saturated heterocycles. The van der Waals surface area contributed by atoms with E-state index < -0.39 is 6.09 Å². The molecule has 0 aromatic rings. The van der Waals surface area contributed by atoms with Gasteiger partial charge in [0, 0.05) is 12.7 Å². The van der Waals surface area contributed by atoms with Gasteiger partial charge in [0.15, 0.2) is 0 Å². The normalized spacial score (nSPS) is 14.8. The summed E-state index contributed by atoms with van der Waals surface area (Å²) in [4.78, 5) is 12.3. The second-order valence-electron chi connectivity index (χ2n) is 6.99. The summed E-state index contributed by atoms with van der Waals surface area (Å²) >= 11 is 0. The van der Waals surface area contributed by atoms with Crippen molar-refractivity contribution in [2.45, 2.75) is 79.8 Å². The van der Waals surface area contributed by atoms with Crippen molar-refractivity contribution in [3.8, 4) is 0 Å². The van der Waals surface area contributed by atoms with Gasteiger partial charge >= 0.3 is 6.09 Å². The predicted molar refractivity (Wildman–Crippen MR) is 121 cm³/mol. The molecule has 0 rings (SSSR count). The maximum absolute atomic E-state index is 12.3. The van der Waals surface area contributed by atoms with Crippen LogP contribution in [0.15, 0.2) is 46.5 Å². The zero-order chi connectivity index (χ0) is 22.2.